The number of nitrogens with zero attached hydrogens (tertiary/aromatic N) is 4. The van der Waals surface area contributed by atoms with Crippen LogP contribution in [0, 0.1) is 18.3 Å². The summed E-state index contributed by atoms with van der Waals surface area (Å²) in [5.74, 6) is 1.24. The molecule has 0 aliphatic carbocycles. The number of aromatic nitrogens is 2. The summed E-state index contributed by atoms with van der Waals surface area (Å²) in [6.07, 6.45) is 2.43. The number of ether oxygens (including phenoxy) is 3. The molecule has 1 atom stereocenters. The molecule has 0 saturated carbocycles. The third-order valence-corrected chi connectivity index (χ3v) is 9.69. The van der Waals surface area contributed by atoms with E-state index in [1.165, 1.54) is 8.28 Å². The molecule has 0 amide bonds. The summed E-state index contributed by atoms with van der Waals surface area (Å²) in [4.78, 5) is 0. The lowest BCUT2D eigenvalue weighted by Gasteiger charge is -2.28. The Kier molecular flexibility index (Phi) is 6.18. The molecule has 1 unspecified atom stereocenters. The Morgan fingerprint density at radius 2 is 1.74 bits per heavy atom. The minimum Gasteiger partial charge on any atom is -0.493 e. The van der Waals surface area contributed by atoms with Crippen LogP contribution in [0.25, 0.3) is 33.3 Å². The van der Waals surface area contributed by atoms with Crippen molar-refractivity contribution in [1.29, 1.82) is 5.26 Å². The molecular formula is C29H30N4O5S. The lowest BCUT2D eigenvalue weighted by atomic mass is 9.91. The number of para-hydroxylation sites is 1. The number of hydrogen-bond acceptors (Lipinski definition) is 6. The van der Waals surface area contributed by atoms with Gasteiger partial charge in [0, 0.05) is 53.1 Å². The van der Waals surface area contributed by atoms with E-state index in [0.717, 1.165) is 39.9 Å². The van der Waals surface area contributed by atoms with Gasteiger partial charge in [0.05, 0.1) is 44.2 Å². The molecular weight excluding hydrogens is 516 g/mol. The van der Waals surface area contributed by atoms with Gasteiger partial charge in [0.1, 0.15) is 6.07 Å². The maximum absolute atomic E-state index is 13.8. The van der Waals surface area contributed by atoms with Crippen molar-refractivity contribution in [2.24, 2.45) is 0 Å². The maximum Gasteiger partial charge on any atom is 0.308 e. The summed E-state index contributed by atoms with van der Waals surface area (Å²) < 4.78 is 49.1. The van der Waals surface area contributed by atoms with Crippen LogP contribution in [0.2, 0.25) is 0 Å². The normalized spacial score (nSPS) is 17.5. The number of benzene rings is 2. The minimum atomic E-state index is -3.84. The molecule has 10 heteroatoms. The second-order valence-electron chi connectivity index (χ2n) is 9.96. The van der Waals surface area contributed by atoms with Crippen LogP contribution in [0.1, 0.15) is 29.8 Å². The second kappa shape index (κ2) is 9.45. The lowest BCUT2D eigenvalue weighted by Crippen LogP contribution is -2.43. The fraction of sp³-hybridized carbons (Fsp3) is 0.345. The average Bonchev–Trinajstić information content (AvgIpc) is 3.48. The molecule has 2 aliphatic rings. The van der Waals surface area contributed by atoms with Crippen LogP contribution in [0.3, 0.4) is 0 Å². The number of rotatable bonds is 5. The topological polar surface area (TPSA) is 98.7 Å². The van der Waals surface area contributed by atoms with Gasteiger partial charge in [-0.25, -0.2) is 3.97 Å². The van der Waals surface area contributed by atoms with Crippen molar-refractivity contribution in [3.05, 3.63) is 59.4 Å². The highest BCUT2D eigenvalue weighted by Gasteiger charge is 2.34. The predicted octanol–water partition coefficient (Wildman–Crippen LogP) is 4.52. The van der Waals surface area contributed by atoms with Crippen LogP contribution in [0.5, 0.6) is 11.5 Å². The number of morpholine rings is 1. The van der Waals surface area contributed by atoms with E-state index in [4.69, 9.17) is 14.2 Å². The molecule has 6 rings (SSSR count). The van der Waals surface area contributed by atoms with Crippen molar-refractivity contribution < 1.29 is 22.6 Å². The quantitative estimate of drug-likeness (QED) is 0.365. The fourth-order valence-corrected chi connectivity index (χ4v) is 7.63. The van der Waals surface area contributed by atoms with Crippen LogP contribution in [-0.2, 0) is 21.4 Å². The van der Waals surface area contributed by atoms with Crippen molar-refractivity contribution in [1.82, 2.24) is 12.8 Å². The minimum absolute atomic E-state index is 0.0804. The smallest absolute Gasteiger partial charge is 0.308 e. The van der Waals surface area contributed by atoms with E-state index >= 15 is 0 Å². The molecule has 202 valence electrons. The Labute approximate surface area is 227 Å². The fourth-order valence-electron chi connectivity index (χ4n) is 6.12. The Bertz CT molecular complexity index is 1760. The number of fused-ring (bicyclic) bond motifs is 4. The molecule has 4 heterocycles. The average molecular weight is 547 g/mol. The molecule has 2 aliphatic heterocycles. The first kappa shape index (κ1) is 25.5. The van der Waals surface area contributed by atoms with Gasteiger partial charge in [-0.1, -0.05) is 18.2 Å². The van der Waals surface area contributed by atoms with Crippen molar-refractivity contribution in [3.8, 4) is 40.0 Å². The van der Waals surface area contributed by atoms with Gasteiger partial charge >= 0.3 is 10.2 Å². The molecule has 1 saturated heterocycles. The van der Waals surface area contributed by atoms with Crippen molar-refractivity contribution in [2.45, 2.75) is 26.3 Å². The number of hydrogen-bond donors (Lipinski definition) is 0. The Morgan fingerprint density at radius 1 is 1.05 bits per heavy atom. The van der Waals surface area contributed by atoms with E-state index in [0.29, 0.717) is 54.4 Å². The highest BCUT2D eigenvalue weighted by molar-refractivity contribution is 7.87. The van der Waals surface area contributed by atoms with Crippen molar-refractivity contribution >= 4 is 21.1 Å². The number of methoxy groups -OCH3 is 2. The molecule has 9 nitrogen and oxygen atoms in total. The first-order valence-electron chi connectivity index (χ1n) is 12.9. The summed E-state index contributed by atoms with van der Waals surface area (Å²) in [6, 6.07) is 13.9. The SMILES string of the molecule is COc1cc2c(cc1OC)-c1c(C#N)c(-c3cn(S(=O)(=O)N4CCOCC4)c4ccccc34)c(C)n1C(C)C2. The first-order chi connectivity index (χ1) is 18.8. The van der Waals surface area contributed by atoms with Gasteiger partial charge in [-0.05, 0) is 44.0 Å². The first-order valence-corrected chi connectivity index (χ1v) is 14.3. The largest absolute Gasteiger partial charge is 0.493 e. The van der Waals surface area contributed by atoms with E-state index in [1.807, 2.05) is 43.3 Å². The summed E-state index contributed by atoms with van der Waals surface area (Å²) >= 11 is 0. The van der Waals surface area contributed by atoms with Crippen LogP contribution in [-0.4, -0.2) is 61.8 Å². The zero-order chi connectivity index (χ0) is 27.5. The summed E-state index contributed by atoms with van der Waals surface area (Å²) in [7, 11) is -0.625. The molecule has 0 spiro atoms. The van der Waals surface area contributed by atoms with Gasteiger partial charge in [-0.2, -0.15) is 18.0 Å². The van der Waals surface area contributed by atoms with Gasteiger partial charge < -0.3 is 18.8 Å². The highest BCUT2D eigenvalue weighted by atomic mass is 32.2. The van der Waals surface area contributed by atoms with Crippen LogP contribution < -0.4 is 9.47 Å². The molecule has 0 bridgehead atoms. The van der Waals surface area contributed by atoms with Crippen molar-refractivity contribution in [2.75, 3.05) is 40.5 Å². The third kappa shape index (κ3) is 3.76. The Balaban J connectivity index is 1.62. The van der Waals surface area contributed by atoms with E-state index < -0.39 is 10.2 Å². The molecule has 2 aromatic heterocycles. The van der Waals surface area contributed by atoms with E-state index in [9.17, 15) is 13.7 Å². The number of nitriles is 1. The monoisotopic (exact) mass is 546 g/mol. The lowest BCUT2D eigenvalue weighted by molar-refractivity contribution is 0.0726. The van der Waals surface area contributed by atoms with Crippen LogP contribution >= 0.6 is 0 Å². The second-order valence-corrected chi connectivity index (χ2v) is 11.8. The summed E-state index contributed by atoms with van der Waals surface area (Å²) in [5, 5.41) is 11.3. The van der Waals surface area contributed by atoms with E-state index in [2.05, 4.69) is 17.6 Å². The molecule has 0 N–H and O–H groups in total. The van der Waals surface area contributed by atoms with Gasteiger partial charge in [-0.15, -0.1) is 0 Å². The van der Waals surface area contributed by atoms with Gasteiger partial charge in [-0.3, -0.25) is 0 Å². The zero-order valence-electron chi connectivity index (χ0n) is 22.4. The van der Waals surface area contributed by atoms with Crippen molar-refractivity contribution in [3.63, 3.8) is 0 Å². The molecule has 2 aromatic carbocycles. The highest BCUT2D eigenvalue weighted by Crippen LogP contribution is 2.48. The zero-order valence-corrected chi connectivity index (χ0v) is 23.2. The maximum atomic E-state index is 13.8. The third-order valence-electron chi connectivity index (χ3n) is 7.88. The Morgan fingerprint density at radius 3 is 2.44 bits per heavy atom. The van der Waals surface area contributed by atoms with E-state index in [1.54, 1.807) is 20.4 Å². The Hall–Kier alpha value is -3.78. The van der Waals surface area contributed by atoms with Crippen LogP contribution in [0.15, 0.2) is 42.6 Å². The van der Waals surface area contributed by atoms with E-state index in [-0.39, 0.29) is 6.04 Å². The molecule has 4 aromatic rings. The summed E-state index contributed by atoms with van der Waals surface area (Å²) in [6.45, 7) is 5.46. The predicted molar refractivity (Wildman–Crippen MR) is 148 cm³/mol. The standard InChI is InChI=1S/C29H30N4O5S/c1-18-13-20-14-26(36-3)27(37-4)15-22(20)29-23(16-30)28(19(2)33(18)29)24-17-32(25-8-6-5-7-21(24)25)39(34,35)31-9-11-38-12-10-31/h5-8,14-15,17-18H,9-13H2,1-4H3. The summed E-state index contributed by atoms with van der Waals surface area (Å²) in [5.41, 5.74) is 6.27. The van der Waals surface area contributed by atoms with Gasteiger partial charge in [0.25, 0.3) is 0 Å². The molecule has 0 radical (unpaired) electrons. The van der Waals surface area contributed by atoms with Crippen LogP contribution in [0.4, 0.5) is 0 Å². The van der Waals surface area contributed by atoms with Gasteiger partial charge in [0.15, 0.2) is 11.5 Å². The van der Waals surface area contributed by atoms with Gasteiger partial charge in [0.2, 0.25) is 0 Å². The molecule has 39 heavy (non-hydrogen) atoms. The molecule has 1 fully saturated rings.